The summed E-state index contributed by atoms with van der Waals surface area (Å²) in [4.78, 5) is 8.57. The van der Waals surface area contributed by atoms with Crippen molar-refractivity contribution in [2.24, 2.45) is 0 Å². The van der Waals surface area contributed by atoms with Gasteiger partial charge in [0, 0.05) is 18.3 Å². The van der Waals surface area contributed by atoms with Gasteiger partial charge in [0.05, 0.1) is 11.8 Å². The second-order valence-electron chi connectivity index (χ2n) is 4.85. The van der Waals surface area contributed by atoms with E-state index in [4.69, 9.17) is 9.47 Å². The molecule has 1 aliphatic heterocycles. The van der Waals surface area contributed by atoms with Crippen LogP contribution in [-0.4, -0.2) is 40.9 Å². The number of fused-ring (bicyclic) bond motifs is 1. The maximum atomic E-state index is 9.28. The minimum absolute atomic E-state index is 0.407. The standard InChI is InChI=1S/C15H17N3O3/c1-10(19)9-17-15-16-5-4-12(18-15)11-2-3-13-14(8-11)21-7-6-20-13/h2-5,8,10,19H,6-7,9H2,1H3,(H,16,17,18). The van der Waals surface area contributed by atoms with Crippen molar-refractivity contribution in [3.05, 3.63) is 30.5 Å². The zero-order chi connectivity index (χ0) is 14.7. The topological polar surface area (TPSA) is 76.5 Å². The van der Waals surface area contributed by atoms with E-state index in [-0.39, 0.29) is 0 Å². The van der Waals surface area contributed by atoms with Crippen LogP contribution in [0.1, 0.15) is 6.92 Å². The second-order valence-corrected chi connectivity index (χ2v) is 4.85. The van der Waals surface area contributed by atoms with Crippen LogP contribution < -0.4 is 14.8 Å². The fraction of sp³-hybridized carbons (Fsp3) is 0.333. The molecule has 0 saturated heterocycles. The highest BCUT2D eigenvalue weighted by Crippen LogP contribution is 2.33. The molecule has 2 N–H and O–H groups in total. The molecule has 0 amide bonds. The van der Waals surface area contributed by atoms with E-state index in [1.165, 1.54) is 0 Å². The number of aliphatic hydroxyl groups excluding tert-OH is 1. The molecule has 2 aromatic rings. The zero-order valence-corrected chi connectivity index (χ0v) is 11.7. The highest BCUT2D eigenvalue weighted by atomic mass is 16.6. The number of aromatic nitrogens is 2. The molecule has 0 aliphatic carbocycles. The summed E-state index contributed by atoms with van der Waals surface area (Å²) < 4.78 is 11.1. The van der Waals surface area contributed by atoms with Gasteiger partial charge in [-0.15, -0.1) is 0 Å². The molecule has 1 aromatic heterocycles. The third kappa shape index (κ3) is 3.22. The van der Waals surface area contributed by atoms with Gasteiger partial charge in [0.1, 0.15) is 13.2 Å². The minimum atomic E-state index is -0.452. The molecule has 1 aromatic carbocycles. The van der Waals surface area contributed by atoms with Crippen LogP contribution >= 0.6 is 0 Å². The highest BCUT2D eigenvalue weighted by molar-refractivity contribution is 5.64. The molecule has 0 bridgehead atoms. The van der Waals surface area contributed by atoms with Gasteiger partial charge in [0.2, 0.25) is 5.95 Å². The first-order valence-corrected chi connectivity index (χ1v) is 6.87. The first-order valence-electron chi connectivity index (χ1n) is 6.87. The molecule has 1 unspecified atom stereocenters. The molecular weight excluding hydrogens is 270 g/mol. The van der Waals surface area contributed by atoms with Gasteiger partial charge in [0.25, 0.3) is 0 Å². The smallest absolute Gasteiger partial charge is 0.223 e. The summed E-state index contributed by atoms with van der Waals surface area (Å²) in [6.45, 7) is 3.25. The van der Waals surface area contributed by atoms with Crippen LogP contribution in [0.2, 0.25) is 0 Å². The fourth-order valence-corrected chi connectivity index (χ4v) is 2.05. The highest BCUT2D eigenvalue weighted by Gasteiger charge is 2.13. The minimum Gasteiger partial charge on any atom is -0.486 e. The van der Waals surface area contributed by atoms with Crippen molar-refractivity contribution in [1.82, 2.24) is 9.97 Å². The summed E-state index contributed by atoms with van der Waals surface area (Å²) in [6, 6.07) is 7.57. The lowest BCUT2D eigenvalue weighted by Gasteiger charge is -2.18. The van der Waals surface area contributed by atoms with Crippen LogP contribution in [0.4, 0.5) is 5.95 Å². The van der Waals surface area contributed by atoms with Gasteiger partial charge in [0.15, 0.2) is 11.5 Å². The molecular formula is C15H17N3O3. The summed E-state index contributed by atoms with van der Waals surface area (Å²) in [5, 5.41) is 12.3. The average Bonchev–Trinajstić information content (AvgIpc) is 2.53. The molecule has 0 fully saturated rings. The Morgan fingerprint density at radius 2 is 2.05 bits per heavy atom. The van der Waals surface area contributed by atoms with E-state index < -0.39 is 6.10 Å². The van der Waals surface area contributed by atoms with Crippen molar-refractivity contribution in [3.63, 3.8) is 0 Å². The number of benzene rings is 1. The Hall–Kier alpha value is -2.34. The number of ether oxygens (including phenoxy) is 2. The van der Waals surface area contributed by atoms with Crippen LogP contribution in [0, 0.1) is 0 Å². The molecule has 0 spiro atoms. The SMILES string of the molecule is CC(O)CNc1nccc(-c2ccc3c(c2)OCCO3)n1. The molecule has 0 radical (unpaired) electrons. The van der Waals surface area contributed by atoms with Gasteiger partial charge in [-0.05, 0) is 31.2 Å². The van der Waals surface area contributed by atoms with Crippen LogP contribution in [0.3, 0.4) is 0 Å². The number of aliphatic hydroxyl groups is 1. The lowest BCUT2D eigenvalue weighted by Crippen LogP contribution is -2.17. The van der Waals surface area contributed by atoms with E-state index in [9.17, 15) is 5.11 Å². The van der Waals surface area contributed by atoms with E-state index in [1.54, 1.807) is 13.1 Å². The number of nitrogens with zero attached hydrogens (tertiary/aromatic N) is 2. The normalized spacial score (nSPS) is 14.6. The fourth-order valence-electron chi connectivity index (χ4n) is 2.05. The van der Waals surface area contributed by atoms with E-state index >= 15 is 0 Å². The first-order chi connectivity index (χ1) is 10.2. The van der Waals surface area contributed by atoms with Gasteiger partial charge in [-0.25, -0.2) is 9.97 Å². The van der Waals surface area contributed by atoms with Gasteiger partial charge in [-0.3, -0.25) is 0 Å². The van der Waals surface area contributed by atoms with Crippen LogP contribution in [0.5, 0.6) is 11.5 Å². The van der Waals surface area contributed by atoms with Crippen LogP contribution in [-0.2, 0) is 0 Å². The van der Waals surface area contributed by atoms with E-state index in [0.717, 1.165) is 22.8 Å². The van der Waals surface area contributed by atoms with Gasteiger partial charge in [-0.1, -0.05) is 0 Å². The van der Waals surface area contributed by atoms with Gasteiger partial charge >= 0.3 is 0 Å². The maximum Gasteiger partial charge on any atom is 0.223 e. The summed E-state index contributed by atoms with van der Waals surface area (Å²) in [7, 11) is 0. The summed E-state index contributed by atoms with van der Waals surface area (Å²) in [5.74, 6) is 1.98. The lowest BCUT2D eigenvalue weighted by atomic mass is 10.1. The van der Waals surface area contributed by atoms with Crippen LogP contribution in [0.25, 0.3) is 11.3 Å². The Morgan fingerprint density at radius 1 is 1.24 bits per heavy atom. The molecule has 0 saturated carbocycles. The molecule has 3 rings (SSSR count). The van der Waals surface area contributed by atoms with Crippen molar-refractivity contribution < 1.29 is 14.6 Å². The zero-order valence-electron chi connectivity index (χ0n) is 11.7. The largest absolute Gasteiger partial charge is 0.486 e. The number of rotatable bonds is 4. The van der Waals surface area contributed by atoms with Crippen molar-refractivity contribution in [1.29, 1.82) is 0 Å². The quantitative estimate of drug-likeness (QED) is 0.891. The summed E-state index contributed by atoms with van der Waals surface area (Å²) in [6.07, 6.45) is 1.23. The number of hydrogen-bond donors (Lipinski definition) is 2. The Labute approximate surface area is 122 Å². The molecule has 110 valence electrons. The third-order valence-electron chi connectivity index (χ3n) is 3.05. The predicted molar refractivity (Wildman–Crippen MR) is 78.6 cm³/mol. The Morgan fingerprint density at radius 3 is 2.86 bits per heavy atom. The van der Waals surface area contributed by atoms with Crippen molar-refractivity contribution in [3.8, 4) is 22.8 Å². The first kappa shape index (κ1) is 13.6. The Balaban J connectivity index is 1.84. The Bertz CT molecular complexity index is 631. The molecule has 1 atom stereocenters. The van der Waals surface area contributed by atoms with Crippen molar-refractivity contribution in [2.75, 3.05) is 25.1 Å². The molecule has 6 nitrogen and oxygen atoms in total. The molecule has 2 heterocycles. The van der Waals surface area contributed by atoms with Crippen molar-refractivity contribution >= 4 is 5.95 Å². The molecule has 1 aliphatic rings. The molecule has 21 heavy (non-hydrogen) atoms. The monoisotopic (exact) mass is 287 g/mol. The van der Waals surface area contributed by atoms with E-state index in [0.29, 0.717) is 25.7 Å². The maximum absolute atomic E-state index is 9.28. The summed E-state index contributed by atoms with van der Waals surface area (Å²) in [5.41, 5.74) is 1.72. The van der Waals surface area contributed by atoms with Gasteiger partial charge < -0.3 is 19.9 Å². The number of nitrogens with one attached hydrogen (secondary N) is 1. The van der Waals surface area contributed by atoms with E-state index in [2.05, 4.69) is 15.3 Å². The predicted octanol–water partition coefficient (Wildman–Crippen LogP) is 1.71. The second kappa shape index (κ2) is 5.97. The number of anilines is 1. The summed E-state index contributed by atoms with van der Waals surface area (Å²) >= 11 is 0. The molecule has 6 heteroatoms. The van der Waals surface area contributed by atoms with Crippen molar-refractivity contribution in [2.45, 2.75) is 13.0 Å². The lowest BCUT2D eigenvalue weighted by molar-refractivity contribution is 0.171. The average molecular weight is 287 g/mol. The third-order valence-corrected chi connectivity index (χ3v) is 3.05. The van der Waals surface area contributed by atoms with Gasteiger partial charge in [-0.2, -0.15) is 0 Å². The van der Waals surface area contributed by atoms with E-state index in [1.807, 2.05) is 24.3 Å². The number of hydrogen-bond acceptors (Lipinski definition) is 6. The van der Waals surface area contributed by atoms with Crippen LogP contribution in [0.15, 0.2) is 30.5 Å². The Kier molecular flexibility index (Phi) is 3.87.